The summed E-state index contributed by atoms with van der Waals surface area (Å²) in [5, 5.41) is 0. The summed E-state index contributed by atoms with van der Waals surface area (Å²) in [7, 11) is -3.38. The minimum atomic E-state index is -3.38. The van der Waals surface area contributed by atoms with Crippen molar-refractivity contribution < 1.29 is 13.2 Å². The van der Waals surface area contributed by atoms with E-state index in [0.717, 1.165) is 23.2 Å². The van der Waals surface area contributed by atoms with Gasteiger partial charge in [-0.1, -0.05) is 0 Å². The van der Waals surface area contributed by atoms with Crippen molar-refractivity contribution in [1.29, 1.82) is 0 Å². The first-order valence-corrected chi connectivity index (χ1v) is 8.02. The molecule has 4 nitrogen and oxygen atoms in total. The molecule has 90 valence electrons. The van der Waals surface area contributed by atoms with Crippen LogP contribution in [0.5, 0.6) is 0 Å². The van der Waals surface area contributed by atoms with Crippen molar-refractivity contribution in [3.05, 3.63) is 15.9 Å². The third-order valence-electron chi connectivity index (χ3n) is 2.30. The number of nitrogens with one attached hydrogen (secondary N) is 1. The molecule has 1 atom stereocenters. The minimum Gasteiger partial charge on any atom is -0.380 e. The topological polar surface area (TPSA) is 55.4 Å². The minimum absolute atomic E-state index is 0.0976. The summed E-state index contributed by atoms with van der Waals surface area (Å²) in [6.07, 6.45) is 1.74. The first-order chi connectivity index (χ1) is 7.58. The predicted molar refractivity (Wildman–Crippen MR) is 66.2 cm³/mol. The van der Waals surface area contributed by atoms with Gasteiger partial charge in [0.15, 0.2) is 0 Å². The number of sulfonamides is 1. The zero-order valence-electron chi connectivity index (χ0n) is 8.48. The molecular formula is C9H12BrNO3S2. The lowest BCUT2D eigenvalue weighted by atomic mass is 10.1. The number of hydrogen-bond acceptors (Lipinski definition) is 4. The first-order valence-electron chi connectivity index (χ1n) is 4.93. The zero-order valence-corrected chi connectivity index (χ0v) is 11.7. The maximum atomic E-state index is 11.9. The van der Waals surface area contributed by atoms with Gasteiger partial charge in [0.2, 0.25) is 10.0 Å². The number of hydrogen-bond donors (Lipinski definition) is 1. The van der Waals surface area contributed by atoms with Crippen LogP contribution in [0, 0.1) is 0 Å². The summed E-state index contributed by atoms with van der Waals surface area (Å²) in [5.74, 6) is 0. The Morgan fingerprint density at radius 1 is 1.50 bits per heavy atom. The zero-order chi connectivity index (χ0) is 11.6. The van der Waals surface area contributed by atoms with Crippen LogP contribution in [-0.4, -0.2) is 27.7 Å². The molecule has 1 aromatic rings. The van der Waals surface area contributed by atoms with Crippen LogP contribution < -0.4 is 4.72 Å². The van der Waals surface area contributed by atoms with Crippen LogP contribution >= 0.6 is 27.3 Å². The van der Waals surface area contributed by atoms with Gasteiger partial charge in [-0.3, -0.25) is 0 Å². The van der Waals surface area contributed by atoms with Gasteiger partial charge in [-0.15, -0.1) is 11.3 Å². The summed E-state index contributed by atoms with van der Waals surface area (Å²) in [5.41, 5.74) is 0. The Labute approximate surface area is 107 Å². The third kappa shape index (κ3) is 3.04. The van der Waals surface area contributed by atoms with E-state index in [1.807, 2.05) is 0 Å². The fourth-order valence-electron chi connectivity index (χ4n) is 1.55. The quantitative estimate of drug-likeness (QED) is 0.924. The van der Waals surface area contributed by atoms with Crippen LogP contribution in [0.1, 0.15) is 12.8 Å². The Bertz CT molecular complexity index is 451. The van der Waals surface area contributed by atoms with Crippen LogP contribution in [0.4, 0.5) is 0 Å². The van der Waals surface area contributed by atoms with Gasteiger partial charge in [-0.2, -0.15) is 0 Å². The Hall–Kier alpha value is 0.0500. The van der Waals surface area contributed by atoms with Gasteiger partial charge in [-0.25, -0.2) is 13.1 Å². The van der Waals surface area contributed by atoms with Gasteiger partial charge in [-0.05, 0) is 40.9 Å². The molecule has 7 heteroatoms. The SMILES string of the molecule is O=S(=O)(NC1CCCOC1)c1ccc(Br)s1. The molecule has 1 fully saturated rings. The van der Waals surface area contributed by atoms with E-state index in [0.29, 0.717) is 10.8 Å². The second-order valence-electron chi connectivity index (χ2n) is 3.59. The second kappa shape index (κ2) is 5.14. The number of ether oxygens (including phenoxy) is 1. The van der Waals surface area contributed by atoms with E-state index in [9.17, 15) is 8.42 Å². The average Bonchev–Trinajstić information content (AvgIpc) is 2.66. The van der Waals surface area contributed by atoms with Crippen molar-refractivity contribution in [2.45, 2.75) is 23.1 Å². The summed E-state index contributed by atoms with van der Waals surface area (Å²) < 4.78 is 32.9. The van der Waals surface area contributed by atoms with Gasteiger partial charge in [0, 0.05) is 12.6 Å². The van der Waals surface area contributed by atoms with E-state index in [1.165, 1.54) is 11.3 Å². The van der Waals surface area contributed by atoms with Gasteiger partial charge in [0.1, 0.15) is 4.21 Å². The molecule has 0 aliphatic carbocycles. The normalized spacial score (nSPS) is 22.2. The molecule has 16 heavy (non-hydrogen) atoms. The van der Waals surface area contributed by atoms with E-state index < -0.39 is 10.0 Å². The van der Waals surface area contributed by atoms with Crippen LogP contribution in [0.15, 0.2) is 20.1 Å². The highest BCUT2D eigenvalue weighted by molar-refractivity contribution is 9.11. The molecule has 0 saturated carbocycles. The van der Waals surface area contributed by atoms with Crippen molar-refractivity contribution >= 4 is 37.3 Å². The summed E-state index contributed by atoms with van der Waals surface area (Å²) in [6.45, 7) is 1.19. The lowest BCUT2D eigenvalue weighted by Crippen LogP contribution is -2.40. The fourth-order valence-corrected chi connectivity index (χ4v) is 4.84. The number of halogens is 1. The third-order valence-corrected chi connectivity index (χ3v) is 5.93. The molecule has 1 saturated heterocycles. The van der Waals surface area contributed by atoms with Gasteiger partial charge >= 0.3 is 0 Å². The average molecular weight is 326 g/mol. The van der Waals surface area contributed by atoms with E-state index >= 15 is 0 Å². The van der Waals surface area contributed by atoms with Gasteiger partial charge < -0.3 is 4.74 Å². The maximum absolute atomic E-state index is 11.9. The molecule has 1 aliphatic heterocycles. The molecule has 2 heterocycles. The van der Waals surface area contributed by atoms with E-state index in [2.05, 4.69) is 20.7 Å². The van der Waals surface area contributed by atoms with Crippen molar-refractivity contribution in [2.75, 3.05) is 13.2 Å². The molecular weight excluding hydrogens is 314 g/mol. The summed E-state index contributed by atoms with van der Waals surface area (Å²) >= 11 is 4.46. The summed E-state index contributed by atoms with van der Waals surface area (Å²) in [4.78, 5) is 0. The van der Waals surface area contributed by atoms with Crippen molar-refractivity contribution in [3.63, 3.8) is 0 Å². The molecule has 1 unspecified atom stereocenters. The van der Waals surface area contributed by atoms with Crippen LogP contribution in [0.25, 0.3) is 0 Å². The highest BCUT2D eigenvalue weighted by atomic mass is 79.9. The lowest BCUT2D eigenvalue weighted by molar-refractivity contribution is 0.0774. The first kappa shape index (κ1) is 12.5. The molecule has 0 radical (unpaired) electrons. The lowest BCUT2D eigenvalue weighted by Gasteiger charge is -2.22. The smallest absolute Gasteiger partial charge is 0.250 e. The molecule has 1 N–H and O–H groups in total. The highest BCUT2D eigenvalue weighted by Gasteiger charge is 2.23. The highest BCUT2D eigenvalue weighted by Crippen LogP contribution is 2.26. The Balaban J connectivity index is 2.07. The molecule has 0 spiro atoms. The molecule has 1 aliphatic rings. The Kier molecular flexibility index (Phi) is 4.01. The van der Waals surface area contributed by atoms with Gasteiger partial charge in [0.05, 0.1) is 10.4 Å². The fraction of sp³-hybridized carbons (Fsp3) is 0.556. The van der Waals surface area contributed by atoms with Crippen molar-refractivity contribution in [3.8, 4) is 0 Å². The monoisotopic (exact) mass is 325 g/mol. The van der Waals surface area contributed by atoms with Crippen molar-refractivity contribution in [2.24, 2.45) is 0 Å². The van der Waals surface area contributed by atoms with Gasteiger partial charge in [0.25, 0.3) is 0 Å². The maximum Gasteiger partial charge on any atom is 0.250 e. The van der Waals surface area contributed by atoms with E-state index in [1.54, 1.807) is 12.1 Å². The largest absolute Gasteiger partial charge is 0.380 e. The molecule has 0 amide bonds. The Morgan fingerprint density at radius 2 is 2.31 bits per heavy atom. The number of rotatable bonds is 3. The molecule has 0 aromatic carbocycles. The Morgan fingerprint density at radius 3 is 2.88 bits per heavy atom. The van der Waals surface area contributed by atoms with Crippen LogP contribution in [-0.2, 0) is 14.8 Å². The standard InChI is InChI=1S/C9H12BrNO3S2/c10-8-3-4-9(15-8)16(12,13)11-7-2-1-5-14-6-7/h3-4,7,11H,1-2,5-6H2. The predicted octanol–water partition coefficient (Wildman–Crippen LogP) is 1.97. The van der Waals surface area contributed by atoms with Crippen LogP contribution in [0.2, 0.25) is 0 Å². The second-order valence-corrected chi connectivity index (χ2v) is 8.00. The van der Waals surface area contributed by atoms with E-state index in [4.69, 9.17) is 4.74 Å². The number of thiophene rings is 1. The summed E-state index contributed by atoms with van der Waals surface area (Å²) in [6, 6.07) is 3.23. The molecule has 1 aromatic heterocycles. The molecule has 0 bridgehead atoms. The van der Waals surface area contributed by atoms with Crippen molar-refractivity contribution in [1.82, 2.24) is 4.72 Å². The molecule has 2 rings (SSSR count). The van der Waals surface area contributed by atoms with E-state index in [-0.39, 0.29) is 6.04 Å². The van der Waals surface area contributed by atoms with Crippen LogP contribution in [0.3, 0.4) is 0 Å².